The number of para-hydroxylation sites is 1. The third-order valence-corrected chi connectivity index (χ3v) is 10.5. The first-order chi connectivity index (χ1) is 19.8. The minimum absolute atomic E-state index is 0.163. The maximum Gasteiger partial charge on any atom is 0.494 e. The Labute approximate surface area is 251 Å². The summed E-state index contributed by atoms with van der Waals surface area (Å²) >= 11 is 0. The predicted octanol–water partition coefficient (Wildman–Crippen LogP) is 9.10. The summed E-state index contributed by atoms with van der Waals surface area (Å²) in [5.41, 5.74) is 9.82. The molecule has 2 heterocycles. The lowest BCUT2D eigenvalue weighted by Crippen LogP contribution is -2.41. The van der Waals surface area contributed by atoms with Crippen LogP contribution in [0, 0.1) is 0 Å². The van der Waals surface area contributed by atoms with Gasteiger partial charge in [0.25, 0.3) is 0 Å². The summed E-state index contributed by atoms with van der Waals surface area (Å²) in [6, 6.07) is 31.5. The molecule has 2 aliphatic rings. The fourth-order valence-electron chi connectivity index (χ4n) is 6.92. The normalized spacial score (nSPS) is 20.2. The highest BCUT2D eigenvalue weighted by atomic mass is 16.7. The van der Waals surface area contributed by atoms with Crippen LogP contribution in [-0.2, 0) is 20.1 Å². The average Bonchev–Trinajstić information content (AvgIpc) is 3.39. The van der Waals surface area contributed by atoms with Gasteiger partial charge in [-0.1, -0.05) is 82.3 Å². The fraction of sp³-hybridized carbons (Fsp3) is 0.368. The Kier molecular flexibility index (Phi) is 5.95. The fourth-order valence-corrected chi connectivity index (χ4v) is 6.92. The van der Waals surface area contributed by atoms with Crippen molar-refractivity contribution in [1.29, 1.82) is 0 Å². The SMILES string of the molecule is CC1(C)CCC(C)(C)c2cc3c(cc21)c1ccccc1n3-c1ccc(-c2ccc(B3OC(C)(C)C(C)(C)O3)cc2)cc1. The number of benzene rings is 4. The molecule has 0 unspecified atom stereocenters. The summed E-state index contributed by atoms with van der Waals surface area (Å²) in [5.74, 6) is 0. The van der Waals surface area contributed by atoms with Crippen molar-refractivity contribution in [2.24, 2.45) is 0 Å². The lowest BCUT2D eigenvalue weighted by Gasteiger charge is -2.42. The quantitative estimate of drug-likeness (QED) is 0.207. The largest absolute Gasteiger partial charge is 0.494 e. The van der Waals surface area contributed by atoms with Crippen LogP contribution in [0.15, 0.2) is 84.9 Å². The Bertz CT molecular complexity index is 1810. The highest BCUT2D eigenvalue weighted by molar-refractivity contribution is 6.62. The van der Waals surface area contributed by atoms with Crippen LogP contribution in [-0.4, -0.2) is 22.9 Å². The maximum absolute atomic E-state index is 6.26. The summed E-state index contributed by atoms with van der Waals surface area (Å²) in [5, 5.41) is 2.66. The number of hydrogen-bond donors (Lipinski definition) is 0. The maximum atomic E-state index is 6.26. The van der Waals surface area contributed by atoms with Gasteiger partial charge in [0.05, 0.1) is 22.2 Å². The molecule has 0 amide bonds. The number of rotatable bonds is 3. The van der Waals surface area contributed by atoms with Crippen molar-refractivity contribution < 1.29 is 9.31 Å². The molecule has 7 rings (SSSR count). The van der Waals surface area contributed by atoms with E-state index in [-0.39, 0.29) is 29.2 Å². The minimum atomic E-state index is -0.344. The second kappa shape index (κ2) is 9.08. The topological polar surface area (TPSA) is 23.4 Å². The lowest BCUT2D eigenvalue weighted by molar-refractivity contribution is 0.00578. The molecule has 5 aromatic rings. The highest BCUT2D eigenvalue weighted by Crippen LogP contribution is 2.48. The van der Waals surface area contributed by atoms with Crippen molar-refractivity contribution in [2.75, 3.05) is 0 Å². The van der Waals surface area contributed by atoms with Crippen LogP contribution in [0.2, 0.25) is 0 Å². The predicted molar refractivity (Wildman–Crippen MR) is 177 cm³/mol. The van der Waals surface area contributed by atoms with E-state index < -0.39 is 0 Å². The molecule has 42 heavy (non-hydrogen) atoms. The van der Waals surface area contributed by atoms with Gasteiger partial charge in [0.2, 0.25) is 0 Å². The summed E-state index contributed by atoms with van der Waals surface area (Å²) in [7, 11) is -0.344. The second-order valence-corrected chi connectivity index (χ2v) is 14.8. The van der Waals surface area contributed by atoms with Crippen molar-refractivity contribution >= 4 is 34.4 Å². The summed E-state index contributed by atoms with van der Waals surface area (Å²) < 4.78 is 15.0. The van der Waals surface area contributed by atoms with Crippen molar-refractivity contribution in [2.45, 2.75) is 90.3 Å². The van der Waals surface area contributed by atoms with E-state index in [1.807, 2.05) is 0 Å². The van der Waals surface area contributed by atoms with E-state index in [9.17, 15) is 0 Å². The van der Waals surface area contributed by atoms with E-state index in [0.29, 0.717) is 0 Å². The molecule has 0 spiro atoms. The van der Waals surface area contributed by atoms with E-state index in [2.05, 4.69) is 145 Å². The van der Waals surface area contributed by atoms with Crippen LogP contribution in [0.5, 0.6) is 0 Å². The Morgan fingerprint density at radius 2 is 1.10 bits per heavy atom. The third-order valence-electron chi connectivity index (χ3n) is 10.5. The van der Waals surface area contributed by atoms with Crippen molar-refractivity contribution in [3.8, 4) is 16.8 Å². The van der Waals surface area contributed by atoms with Gasteiger partial charge in [-0.15, -0.1) is 0 Å². The van der Waals surface area contributed by atoms with Crippen molar-refractivity contribution in [3.05, 3.63) is 96.1 Å². The van der Waals surface area contributed by atoms with E-state index in [1.165, 1.54) is 62.6 Å². The molecule has 4 aromatic carbocycles. The Morgan fingerprint density at radius 1 is 0.571 bits per heavy atom. The van der Waals surface area contributed by atoms with Crippen LogP contribution in [0.4, 0.5) is 0 Å². The van der Waals surface area contributed by atoms with E-state index in [1.54, 1.807) is 0 Å². The first-order valence-corrected chi connectivity index (χ1v) is 15.4. The van der Waals surface area contributed by atoms with Crippen LogP contribution < -0.4 is 5.46 Å². The highest BCUT2D eigenvalue weighted by Gasteiger charge is 2.51. The molecule has 1 aromatic heterocycles. The number of aromatic nitrogens is 1. The second-order valence-electron chi connectivity index (χ2n) is 14.8. The van der Waals surface area contributed by atoms with Gasteiger partial charge in [0.1, 0.15) is 0 Å². The molecule has 4 heteroatoms. The molecule has 0 radical (unpaired) electrons. The zero-order chi connectivity index (χ0) is 29.7. The minimum Gasteiger partial charge on any atom is -0.399 e. The Balaban J connectivity index is 1.27. The van der Waals surface area contributed by atoms with E-state index in [4.69, 9.17) is 9.31 Å². The molecule has 3 nitrogen and oxygen atoms in total. The standard InChI is InChI=1S/C38H42BNO2/c1-35(2)21-22-36(3,4)32-24-34-30(23-31(32)35)29-11-9-10-12-33(29)40(34)28-19-15-26(16-20-28)25-13-17-27(18-14-25)39-41-37(5,6)38(7,8)42-39/h9-20,23-24H,21-22H2,1-8H3. The molecule has 0 atom stereocenters. The van der Waals surface area contributed by atoms with E-state index >= 15 is 0 Å². The zero-order valence-corrected chi connectivity index (χ0v) is 26.3. The monoisotopic (exact) mass is 555 g/mol. The van der Waals surface area contributed by atoms with Crippen LogP contribution in [0.3, 0.4) is 0 Å². The first kappa shape index (κ1) is 27.5. The molecule has 1 fully saturated rings. The molecule has 0 bridgehead atoms. The summed E-state index contributed by atoms with van der Waals surface area (Å²) in [4.78, 5) is 0. The number of fused-ring (bicyclic) bond motifs is 4. The van der Waals surface area contributed by atoms with Gasteiger partial charge in [-0.3, -0.25) is 0 Å². The number of hydrogen-bond acceptors (Lipinski definition) is 2. The zero-order valence-electron chi connectivity index (χ0n) is 26.3. The van der Waals surface area contributed by atoms with Gasteiger partial charge < -0.3 is 13.9 Å². The smallest absolute Gasteiger partial charge is 0.399 e. The van der Waals surface area contributed by atoms with Gasteiger partial charge in [0.15, 0.2) is 0 Å². The van der Waals surface area contributed by atoms with Crippen molar-refractivity contribution in [1.82, 2.24) is 4.57 Å². The Hall–Kier alpha value is -3.34. The van der Waals surface area contributed by atoms with Crippen LogP contribution >= 0.6 is 0 Å². The molecule has 1 aliphatic carbocycles. The average molecular weight is 556 g/mol. The van der Waals surface area contributed by atoms with Gasteiger partial charge in [-0.05, 0) is 109 Å². The van der Waals surface area contributed by atoms with Gasteiger partial charge in [0, 0.05) is 16.5 Å². The van der Waals surface area contributed by atoms with Gasteiger partial charge >= 0.3 is 7.12 Å². The third kappa shape index (κ3) is 4.18. The molecule has 0 saturated carbocycles. The van der Waals surface area contributed by atoms with Gasteiger partial charge in [-0.2, -0.15) is 0 Å². The summed E-state index contributed by atoms with van der Waals surface area (Å²) in [6.07, 6.45) is 2.43. The van der Waals surface area contributed by atoms with Crippen LogP contribution in [0.1, 0.15) is 79.4 Å². The van der Waals surface area contributed by atoms with Crippen molar-refractivity contribution in [3.63, 3.8) is 0 Å². The Morgan fingerprint density at radius 3 is 1.69 bits per heavy atom. The molecule has 1 aliphatic heterocycles. The van der Waals surface area contributed by atoms with E-state index in [0.717, 1.165) is 5.46 Å². The molecule has 0 N–H and O–H groups in total. The summed E-state index contributed by atoms with van der Waals surface area (Å²) in [6.45, 7) is 18.0. The molecule has 1 saturated heterocycles. The number of nitrogens with zero attached hydrogens (tertiary/aromatic N) is 1. The lowest BCUT2D eigenvalue weighted by atomic mass is 9.63. The van der Waals surface area contributed by atoms with Gasteiger partial charge in [-0.25, -0.2) is 0 Å². The molecular weight excluding hydrogens is 513 g/mol. The van der Waals surface area contributed by atoms with Crippen LogP contribution in [0.25, 0.3) is 38.6 Å². The molecule has 214 valence electrons. The first-order valence-electron chi connectivity index (χ1n) is 15.4. The molecular formula is C38H42BNO2.